The molecule has 0 spiro atoms. The highest BCUT2D eigenvalue weighted by Crippen LogP contribution is 2.38. The summed E-state index contributed by atoms with van der Waals surface area (Å²) in [6, 6.07) is 0. The van der Waals surface area contributed by atoms with Crippen molar-refractivity contribution in [2.45, 2.75) is 38.9 Å². The van der Waals surface area contributed by atoms with Crippen LogP contribution in [0.4, 0.5) is 0 Å². The molecule has 0 amide bonds. The molecule has 0 radical (unpaired) electrons. The van der Waals surface area contributed by atoms with Gasteiger partial charge in [0.15, 0.2) is 0 Å². The Morgan fingerprint density at radius 3 is 2.43 bits per heavy atom. The minimum absolute atomic E-state index is 0.0634. The van der Waals surface area contributed by atoms with Crippen LogP contribution in [0.25, 0.3) is 6.08 Å². The molecule has 1 saturated heterocycles. The molecule has 8 heteroatoms. The van der Waals surface area contributed by atoms with Gasteiger partial charge >= 0.3 is 7.12 Å². The number of carbonyl (C=O) groups is 1. The average molecular weight is 309 g/mol. The lowest BCUT2D eigenvalue weighted by molar-refractivity contribution is -0.255. The molecule has 0 unspecified atom stereocenters. The van der Waals surface area contributed by atoms with Gasteiger partial charge in [-0.05, 0) is 39.2 Å². The fraction of sp³-hybridized carbons (Fsp3) is 0.538. The molecule has 114 valence electrons. The fourth-order valence-electron chi connectivity index (χ4n) is 1.85. The predicted octanol–water partition coefficient (Wildman–Crippen LogP) is 0.480. The van der Waals surface area contributed by atoms with Crippen molar-refractivity contribution in [3.63, 3.8) is 0 Å². The highest BCUT2D eigenvalue weighted by Gasteiger charge is 2.52. The minimum Gasteiger partial charge on any atom is -0.542 e. The van der Waals surface area contributed by atoms with Gasteiger partial charge in [0.1, 0.15) is 11.0 Å². The third-order valence-corrected chi connectivity index (χ3v) is 4.66. The Hall–Kier alpha value is -1.22. The molecule has 0 saturated carbocycles. The SMILES string of the molecule is CC1(C)OB(C(=Cc2csc(C(=O)[O-])n2)CN)OC1(C)C. The summed E-state index contributed by atoms with van der Waals surface area (Å²) in [7, 11) is -0.562. The summed E-state index contributed by atoms with van der Waals surface area (Å²) in [5.41, 5.74) is 6.07. The first-order valence-electron chi connectivity index (χ1n) is 6.59. The molecule has 1 fully saturated rings. The molecule has 1 aliphatic heterocycles. The van der Waals surface area contributed by atoms with Crippen molar-refractivity contribution in [2.75, 3.05) is 6.54 Å². The lowest BCUT2D eigenvalue weighted by Gasteiger charge is -2.32. The molecule has 0 bridgehead atoms. The zero-order valence-electron chi connectivity index (χ0n) is 12.5. The molecule has 6 nitrogen and oxygen atoms in total. The standard InChI is InChI=1S/C13H19BN2O4S/c1-12(2)13(3,4)20-14(19-12)8(6-15)5-9-7-21-10(16-9)11(17)18/h5,7H,6,15H2,1-4H3,(H,17,18)/p-1. The number of nitrogens with zero attached hydrogens (tertiary/aromatic N) is 1. The number of thiazole rings is 1. The predicted molar refractivity (Wildman–Crippen MR) is 79.6 cm³/mol. The molecular formula is C13H18BN2O4S-. The first-order valence-corrected chi connectivity index (χ1v) is 7.47. The summed E-state index contributed by atoms with van der Waals surface area (Å²) in [6.07, 6.45) is 1.70. The van der Waals surface area contributed by atoms with Crippen LogP contribution in [0.3, 0.4) is 0 Å². The number of carbonyl (C=O) groups excluding carboxylic acids is 1. The van der Waals surface area contributed by atoms with Crippen LogP contribution in [0.1, 0.15) is 43.2 Å². The molecule has 0 atom stereocenters. The lowest BCUT2D eigenvalue weighted by Crippen LogP contribution is -2.41. The Bertz CT molecular complexity index is 566. The van der Waals surface area contributed by atoms with Crippen molar-refractivity contribution < 1.29 is 19.2 Å². The monoisotopic (exact) mass is 309 g/mol. The van der Waals surface area contributed by atoms with Gasteiger partial charge in [-0.3, -0.25) is 0 Å². The molecule has 2 rings (SSSR count). The van der Waals surface area contributed by atoms with E-state index in [0.29, 0.717) is 11.2 Å². The number of hydrogen-bond donors (Lipinski definition) is 1. The number of nitrogens with two attached hydrogens (primary N) is 1. The van der Waals surface area contributed by atoms with E-state index in [0.717, 1.165) is 11.3 Å². The summed E-state index contributed by atoms with van der Waals surface area (Å²) in [5, 5.41) is 12.3. The van der Waals surface area contributed by atoms with Crippen molar-refractivity contribution in [1.82, 2.24) is 4.98 Å². The van der Waals surface area contributed by atoms with E-state index in [9.17, 15) is 9.90 Å². The topological polar surface area (TPSA) is 97.5 Å². The maximum Gasteiger partial charge on any atom is 0.491 e. The first kappa shape index (κ1) is 16.2. The average Bonchev–Trinajstić information content (AvgIpc) is 2.90. The molecular weight excluding hydrogens is 291 g/mol. The molecule has 21 heavy (non-hydrogen) atoms. The number of carboxylic acids is 1. The van der Waals surface area contributed by atoms with Crippen LogP contribution < -0.4 is 10.8 Å². The normalized spacial score (nSPS) is 20.8. The molecule has 0 aromatic carbocycles. The van der Waals surface area contributed by atoms with E-state index >= 15 is 0 Å². The molecule has 1 aromatic heterocycles. The second-order valence-electron chi connectivity index (χ2n) is 5.88. The van der Waals surface area contributed by atoms with Crippen molar-refractivity contribution in [3.05, 3.63) is 21.6 Å². The van der Waals surface area contributed by atoms with Crippen LogP contribution in [0.5, 0.6) is 0 Å². The van der Waals surface area contributed by atoms with Crippen LogP contribution in [0.15, 0.2) is 10.9 Å². The lowest BCUT2D eigenvalue weighted by atomic mass is 9.77. The third kappa shape index (κ3) is 3.18. The van der Waals surface area contributed by atoms with E-state index < -0.39 is 24.3 Å². The Morgan fingerprint density at radius 1 is 1.43 bits per heavy atom. The summed E-state index contributed by atoms with van der Waals surface area (Å²) >= 11 is 1.01. The van der Waals surface area contributed by atoms with Crippen LogP contribution in [0.2, 0.25) is 0 Å². The largest absolute Gasteiger partial charge is 0.542 e. The van der Waals surface area contributed by atoms with Gasteiger partial charge in [-0.15, -0.1) is 11.3 Å². The highest BCUT2D eigenvalue weighted by atomic mass is 32.1. The molecule has 1 aliphatic rings. The van der Waals surface area contributed by atoms with Crippen LogP contribution in [-0.2, 0) is 9.31 Å². The number of aromatic nitrogens is 1. The Balaban J connectivity index is 2.24. The van der Waals surface area contributed by atoms with Gasteiger partial charge in [-0.1, -0.05) is 0 Å². The highest BCUT2D eigenvalue weighted by molar-refractivity contribution is 7.11. The summed E-state index contributed by atoms with van der Waals surface area (Å²) in [4.78, 5) is 14.7. The maximum atomic E-state index is 10.7. The Labute approximate surface area is 128 Å². The number of aromatic carboxylic acids is 1. The van der Waals surface area contributed by atoms with E-state index in [1.54, 1.807) is 11.5 Å². The first-order chi connectivity index (χ1) is 9.66. The second-order valence-corrected chi connectivity index (χ2v) is 6.73. The van der Waals surface area contributed by atoms with E-state index in [1.807, 2.05) is 27.7 Å². The van der Waals surface area contributed by atoms with Gasteiger partial charge in [0.05, 0.1) is 16.9 Å². The number of hydrogen-bond acceptors (Lipinski definition) is 7. The second kappa shape index (κ2) is 5.53. The van der Waals surface area contributed by atoms with Gasteiger partial charge in [0.2, 0.25) is 0 Å². The van der Waals surface area contributed by atoms with Crippen molar-refractivity contribution >= 4 is 30.5 Å². The van der Waals surface area contributed by atoms with Gasteiger partial charge in [0.25, 0.3) is 0 Å². The van der Waals surface area contributed by atoms with E-state index in [4.69, 9.17) is 15.0 Å². The van der Waals surface area contributed by atoms with Crippen molar-refractivity contribution in [3.8, 4) is 0 Å². The maximum absolute atomic E-state index is 10.7. The summed E-state index contributed by atoms with van der Waals surface area (Å²) in [6.45, 7) is 8.06. The van der Waals surface area contributed by atoms with Crippen LogP contribution in [-0.4, -0.2) is 35.8 Å². The van der Waals surface area contributed by atoms with Crippen LogP contribution in [0, 0.1) is 0 Å². The Kier molecular flexibility index (Phi) is 4.25. The van der Waals surface area contributed by atoms with Gasteiger partial charge in [0, 0.05) is 11.9 Å². The van der Waals surface area contributed by atoms with Crippen molar-refractivity contribution in [2.24, 2.45) is 5.73 Å². The molecule has 0 aliphatic carbocycles. The zero-order valence-corrected chi connectivity index (χ0v) is 13.3. The fourth-order valence-corrected chi connectivity index (χ4v) is 2.46. The molecule has 2 N–H and O–H groups in total. The van der Waals surface area contributed by atoms with E-state index in [2.05, 4.69) is 4.98 Å². The zero-order chi connectivity index (χ0) is 15.8. The van der Waals surface area contributed by atoms with Crippen molar-refractivity contribution in [1.29, 1.82) is 0 Å². The number of rotatable bonds is 4. The van der Waals surface area contributed by atoms with Gasteiger partial charge in [-0.25, -0.2) is 4.98 Å². The van der Waals surface area contributed by atoms with Crippen LogP contribution >= 0.6 is 11.3 Å². The number of carboxylic acid groups (broad SMARTS) is 1. The smallest absolute Gasteiger partial charge is 0.491 e. The molecule has 1 aromatic rings. The Morgan fingerprint density at radius 2 is 2.00 bits per heavy atom. The van der Waals surface area contributed by atoms with E-state index in [1.165, 1.54) is 0 Å². The minimum atomic E-state index is -1.29. The summed E-state index contributed by atoms with van der Waals surface area (Å²) in [5.74, 6) is -1.29. The van der Waals surface area contributed by atoms with Gasteiger partial charge < -0.3 is 24.9 Å². The van der Waals surface area contributed by atoms with E-state index in [-0.39, 0.29) is 11.6 Å². The summed E-state index contributed by atoms with van der Waals surface area (Å²) < 4.78 is 11.8. The molecule has 2 heterocycles. The third-order valence-electron chi connectivity index (χ3n) is 3.82. The van der Waals surface area contributed by atoms with Gasteiger partial charge in [-0.2, -0.15) is 0 Å². The quantitative estimate of drug-likeness (QED) is 0.812.